The Hall–Kier alpha value is -3.06. The monoisotopic (exact) mass is 446 g/mol. The zero-order valence-corrected chi connectivity index (χ0v) is 18.7. The molecule has 3 heterocycles. The molecular weight excluding hydrogens is 420 g/mol. The van der Waals surface area contributed by atoms with Crippen molar-refractivity contribution in [2.75, 3.05) is 11.4 Å². The molecule has 1 aliphatic carbocycles. The number of anilines is 1. The number of para-hydroxylation sites is 1. The molecule has 6 nitrogen and oxygen atoms in total. The van der Waals surface area contributed by atoms with Crippen LogP contribution in [0.4, 0.5) is 5.69 Å². The van der Waals surface area contributed by atoms with Gasteiger partial charge in [0.05, 0.1) is 18.2 Å². The Balaban J connectivity index is 1.25. The first-order valence-corrected chi connectivity index (χ1v) is 12.1. The predicted molar refractivity (Wildman–Crippen MR) is 125 cm³/mol. The fourth-order valence-corrected chi connectivity index (χ4v) is 5.59. The molecule has 2 aromatic heterocycles. The van der Waals surface area contributed by atoms with E-state index in [2.05, 4.69) is 21.4 Å². The van der Waals surface area contributed by atoms with Gasteiger partial charge in [-0.05, 0) is 43.0 Å². The number of pyridine rings is 1. The highest BCUT2D eigenvalue weighted by molar-refractivity contribution is 7.09. The van der Waals surface area contributed by atoms with E-state index in [1.54, 1.807) is 12.4 Å². The SMILES string of the molecule is O=C(NCc1nc(-c2ccncc2)cs1)C1CCCCC1C(=O)N1CCc2ccccc21. The Morgan fingerprint density at radius 1 is 1.06 bits per heavy atom. The van der Waals surface area contributed by atoms with Crippen LogP contribution in [0.1, 0.15) is 36.3 Å². The van der Waals surface area contributed by atoms with Crippen molar-refractivity contribution >= 4 is 28.8 Å². The van der Waals surface area contributed by atoms with Crippen LogP contribution in [0, 0.1) is 11.8 Å². The Morgan fingerprint density at radius 3 is 2.69 bits per heavy atom. The van der Waals surface area contributed by atoms with E-state index < -0.39 is 0 Å². The second kappa shape index (κ2) is 9.20. The second-order valence-corrected chi connectivity index (χ2v) is 9.39. The predicted octanol–water partition coefficient (Wildman–Crippen LogP) is 4.22. The van der Waals surface area contributed by atoms with E-state index in [1.807, 2.05) is 40.6 Å². The largest absolute Gasteiger partial charge is 0.349 e. The lowest BCUT2D eigenvalue weighted by Crippen LogP contribution is -2.45. The van der Waals surface area contributed by atoms with Gasteiger partial charge in [-0.2, -0.15) is 0 Å². The number of nitrogens with zero attached hydrogens (tertiary/aromatic N) is 3. The van der Waals surface area contributed by atoms with Gasteiger partial charge in [0, 0.05) is 41.5 Å². The fourth-order valence-electron chi connectivity index (χ4n) is 4.85. The summed E-state index contributed by atoms with van der Waals surface area (Å²) in [6.45, 7) is 1.10. The normalized spacial score (nSPS) is 20.1. The molecule has 0 spiro atoms. The molecule has 0 radical (unpaired) electrons. The number of carbonyl (C=O) groups excluding carboxylic acids is 2. The van der Waals surface area contributed by atoms with Crippen LogP contribution in [0.25, 0.3) is 11.3 Å². The van der Waals surface area contributed by atoms with Gasteiger partial charge < -0.3 is 10.2 Å². The van der Waals surface area contributed by atoms with Crippen molar-refractivity contribution in [3.8, 4) is 11.3 Å². The lowest BCUT2D eigenvalue weighted by Gasteiger charge is -2.32. The molecule has 2 amide bonds. The average molecular weight is 447 g/mol. The second-order valence-electron chi connectivity index (χ2n) is 8.45. The van der Waals surface area contributed by atoms with Gasteiger partial charge in [-0.3, -0.25) is 14.6 Å². The minimum atomic E-state index is -0.274. The maximum Gasteiger partial charge on any atom is 0.230 e. The van der Waals surface area contributed by atoms with Crippen molar-refractivity contribution in [1.29, 1.82) is 0 Å². The maximum atomic E-state index is 13.4. The summed E-state index contributed by atoms with van der Waals surface area (Å²) in [6.07, 6.45) is 7.90. The molecule has 32 heavy (non-hydrogen) atoms. The topological polar surface area (TPSA) is 75.2 Å². The number of nitrogens with one attached hydrogen (secondary N) is 1. The van der Waals surface area contributed by atoms with E-state index in [-0.39, 0.29) is 23.7 Å². The average Bonchev–Trinajstić information content (AvgIpc) is 3.50. The van der Waals surface area contributed by atoms with Crippen molar-refractivity contribution in [2.24, 2.45) is 11.8 Å². The lowest BCUT2D eigenvalue weighted by molar-refractivity contribution is -0.135. The summed E-state index contributed by atoms with van der Waals surface area (Å²) in [6, 6.07) is 11.9. The van der Waals surface area contributed by atoms with Crippen LogP contribution in [0.2, 0.25) is 0 Å². The van der Waals surface area contributed by atoms with E-state index >= 15 is 0 Å². The first-order chi connectivity index (χ1) is 15.7. The van der Waals surface area contributed by atoms with Crippen molar-refractivity contribution in [1.82, 2.24) is 15.3 Å². The molecule has 2 atom stereocenters. The van der Waals surface area contributed by atoms with E-state index in [1.165, 1.54) is 16.9 Å². The van der Waals surface area contributed by atoms with Crippen molar-refractivity contribution in [3.05, 3.63) is 64.7 Å². The number of hydrogen-bond donors (Lipinski definition) is 1. The number of carbonyl (C=O) groups is 2. The number of thiazole rings is 1. The van der Waals surface area contributed by atoms with Crippen molar-refractivity contribution < 1.29 is 9.59 Å². The number of aromatic nitrogens is 2. The molecule has 7 heteroatoms. The molecule has 3 aromatic rings. The zero-order valence-electron chi connectivity index (χ0n) is 17.9. The molecule has 2 unspecified atom stereocenters. The minimum Gasteiger partial charge on any atom is -0.349 e. The minimum absolute atomic E-state index is 0.0313. The molecule has 2 aliphatic rings. The number of fused-ring (bicyclic) bond motifs is 1. The van der Waals surface area contributed by atoms with Crippen LogP contribution in [0.3, 0.4) is 0 Å². The van der Waals surface area contributed by atoms with E-state index in [0.717, 1.165) is 54.1 Å². The summed E-state index contributed by atoms with van der Waals surface area (Å²) < 4.78 is 0. The van der Waals surface area contributed by atoms with Crippen LogP contribution in [0.5, 0.6) is 0 Å². The molecule has 1 N–H and O–H groups in total. The van der Waals surface area contributed by atoms with Gasteiger partial charge >= 0.3 is 0 Å². The van der Waals surface area contributed by atoms with Crippen LogP contribution < -0.4 is 10.2 Å². The summed E-state index contributed by atoms with van der Waals surface area (Å²) in [5.74, 6) is -0.456. The first-order valence-electron chi connectivity index (χ1n) is 11.2. The Bertz CT molecular complexity index is 1110. The third-order valence-electron chi connectivity index (χ3n) is 6.51. The summed E-state index contributed by atoms with van der Waals surface area (Å²) in [5.41, 5.74) is 4.12. The standard InChI is InChI=1S/C25H26N4O2S/c30-24(27-15-23-28-21(16-32-23)17-9-12-26-13-10-17)19-6-2-3-7-20(19)25(31)29-14-11-18-5-1-4-8-22(18)29/h1,4-5,8-10,12-13,16,19-20H,2-3,6-7,11,14-15H2,(H,27,30). The molecule has 0 saturated heterocycles. The Kier molecular flexibility index (Phi) is 5.99. The van der Waals surface area contributed by atoms with Gasteiger partial charge in [0.2, 0.25) is 11.8 Å². The maximum absolute atomic E-state index is 13.4. The van der Waals surface area contributed by atoms with Gasteiger partial charge in [0.15, 0.2) is 0 Å². The van der Waals surface area contributed by atoms with Crippen LogP contribution in [-0.4, -0.2) is 28.3 Å². The van der Waals surface area contributed by atoms with Crippen molar-refractivity contribution in [2.45, 2.75) is 38.6 Å². The molecule has 5 rings (SSSR count). The molecule has 1 saturated carbocycles. The first kappa shape index (κ1) is 20.8. The van der Waals surface area contributed by atoms with E-state index in [4.69, 9.17) is 0 Å². The van der Waals surface area contributed by atoms with Gasteiger partial charge in [-0.25, -0.2) is 4.98 Å². The quantitative estimate of drug-likeness (QED) is 0.637. The van der Waals surface area contributed by atoms with Gasteiger partial charge in [-0.1, -0.05) is 31.0 Å². The third kappa shape index (κ3) is 4.17. The molecule has 1 fully saturated rings. The Morgan fingerprint density at radius 2 is 1.84 bits per heavy atom. The fraction of sp³-hybridized carbons (Fsp3) is 0.360. The van der Waals surface area contributed by atoms with E-state index in [0.29, 0.717) is 13.1 Å². The molecule has 1 aromatic carbocycles. The van der Waals surface area contributed by atoms with Crippen molar-refractivity contribution in [3.63, 3.8) is 0 Å². The summed E-state index contributed by atoms with van der Waals surface area (Å²) >= 11 is 1.53. The number of amides is 2. The summed E-state index contributed by atoms with van der Waals surface area (Å²) in [4.78, 5) is 37.1. The van der Waals surface area contributed by atoms with Gasteiger partial charge in [0.25, 0.3) is 0 Å². The van der Waals surface area contributed by atoms with Crippen LogP contribution in [-0.2, 0) is 22.6 Å². The Labute approximate surface area is 191 Å². The van der Waals surface area contributed by atoms with Crippen LogP contribution in [0.15, 0.2) is 54.2 Å². The highest BCUT2D eigenvalue weighted by Crippen LogP contribution is 2.36. The number of benzene rings is 1. The van der Waals surface area contributed by atoms with Gasteiger partial charge in [-0.15, -0.1) is 11.3 Å². The number of rotatable bonds is 5. The number of hydrogen-bond acceptors (Lipinski definition) is 5. The molecule has 1 aliphatic heterocycles. The molecule has 164 valence electrons. The molecule has 0 bridgehead atoms. The van der Waals surface area contributed by atoms with E-state index in [9.17, 15) is 9.59 Å². The molecular formula is C25H26N4O2S. The highest BCUT2D eigenvalue weighted by atomic mass is 32.1. The summed E-state index contributed by atoms with van der Waals surface area (Å²) in [7, 11) is 0. The van der Waals surface area contributed by atoms with Gasteiger partial charge in [0.1, 0.15) is 5.01 Å². The highest BCUT2D eigenvalue weighted by Gasteiger charge is 2.39. The lowest BCUT2D eigenvalue weighted by atomic mass is 9.77. The zero-order chi connectivity index (χ0) is 21.9. The summed E-state index contributed by atoms with van der Waals surface area (Å²) in [5, 5.41) is 5.91. The smallest absolute Gasteiger partial charge is 0.230 e. The van der Waals surface area contributed by atoms with Crippen LogP contribution >= 0.6 is 11.3 Å². The third-order valence-corrected chi connectivity index (χ3v) is 7.36.